The first-order chi connectivity index (χ1) is 7.10. The number of hydrogen-bond donors (Lipinski definition) is 0. The van der Waals surface area contributed by atoms with Crippen LogP contribution in [-0.4, -0.2) is 24.2 Å². The van der Waals surface area contributed by atoms with Crippen LogP contribution in [0.2, 0.25) is 0 Å². The van der Waals surface area contributed by atoms with Gasteiger partial charge < -0.3 is 0 Å². The topological polar surface area (TPSA) is 58.9 Å². The Morgan fingerprint density at radius 3 is 2.00 bits per heavy atom. The van der Waals surface area contributed by atoms with Gasteiger partial charge in [-0.15, -0.1) is 0 Å². The molecule has 0 heterocycles. The van der Waals surface area contributed by atoms with Crippen molar-refractivity contribution in [2.24, 2.45) is 15.9 Å². The molecule has 0 aliphatic heterocycles. The fraction of sp³-hybridized carbons (Fsp3) is 0.818. The van der Waals surface area contributed by atoms with Crippen LogP contribution in [0, 0.1) is 5.92 Å². The Morgan fingerprint density at radius 1 is 0.933 bits per heavy atom. The molecule has 0 bridgehead atoms. The molecular weight excluding hydrogens is 192 g/mol. The third-order valence-corrected chi connectivity index (χ3v) is 2.37. The van der Waals surface area contributed by atoms with Crippen LogP contribution in [0.4, 0.5) is 0 Å². The molecule has 0 aromatic carbocycles. The zero-order valence-corrected chi connectivity index (χ0v) is 9.56. The van der Waals surface area contributed by atoms with Crippen LogP contribution < -0.4 is 0 Å². The van der Waals surface area contributed by atoms with E-state index in [0.717, 1.165) is 19.3 Å². The third kappa shape index (κ3) is 7.80. The van der Waals surface area contributed by atoms with E-state index in [2.05, 4.69) is 16.9 Å². The van der Waals surface area contributed by atoms with Crippen LogP contribution in [0.1, 0.15) is 40.0 Å². The SMILES string of the molecule is CC(CCC(C)N=C=O)CC(C)N=C=O. The summed E-state index contributed by atoms with van der Waals surface area (Å²) in [4.78, 5) is 27.2. The minimum absolute atomic E-state index is 0.0300. The van der Waals surface area contributed by atoms with Gasteiger partial charge in [-0.1, -0.05) is 6.92 Å². The standard InChI is InChI=1S/C11H18N2O2/c1-9(6-11(3)13-8-15)4-5-10(2)12-7-14/h9-11H,4-6H2,1-3H3. The van der Waals surface area contributed by atoms with E-state index in [0.29, 0.717) is 5.92 Å². The van der Waals surface area contributed by atoms with Crippen LogP contribution >= 0.6 is 0 Å². The summed E-state index contributed by atoms with van der Waals surface area (Å²) in [6.07, 6.45) is 5.83. The molecular formula is C11H18N2O2. The van der Waals surface area contributed by atoms with Crippen LogP contribution in [0.25, 0.3) is 0 Å². The van der Waals surface area contributed by atoms with Crippen LogP contribution in [0.3, 0.4) is 0 Å². The van der Waals surface area contributed by atoms with Crippen molar-refractivity contribution in [3.8, 4) is 0 Å². The fourth-order valence-electron chi connectivity index (χ4n) is 1.52. The molecule has 0 amide bonds. The molecule has 84 valence electrons. The van der Waals surface area contributed by atoms with Crippen molar-refractivity contribution in [2.45, 2.75) is 52.1 Å². The molecule has 3 atom stereocenters. The lowest BCUT2D eigenvalue weighted by atomic mass is 9.96. The number of rotatable bonds is 7. The maximum absolute atomic E-state index is 10.00. The highest BCUT2D eigenvalue weighted by molar-refractivity contribution is 5.33. The molecule has 0 rings (SSSR count). The van der Waals surface area contributed by atoms with Gasteiger partial charge in [0.05, 0.1) is 12.1 Å². The summed E-state index contributed by atoms with van der Waals surface area (Å²) in [5, 5.41) is 0. The van der Waals surface area contributed by atoms with Gasteiger partial charge in [-0.25, -0.2) is 19.6 Å². The Kier molecular flexibility index (Phi) is 7.43. The van der Waals surface area contributed by atoms with Gasteiger partial charge in [-0.2, -0.15) is 0 Å². The first kappa shape index (κ1) is 13.8. The normalized spacial score (nSPS) is 15.7. The van der Waals surface area contributed by atoms with Gasteiger partial charge >= 0.3 is 0 Å². The summed E-state index contributed by atoms with van der Waals surface area (Å²) in [6.45, 7) is 5.90. The zero-order chi connectivity index (χ0) is 11.7. The lowest BCUT2D eigenvalue weighted by molar-refractivity contribution is 0.423. The monoisotopic (exact) mass is 210 g/mol. The van der Waals surface area contributed by atoms with E-state index in [1.54, 1.807) is 12.2 Å². The quantitative estimate of drug-likeness (QED) is 0.478. The lowest BCUT2D eigenvalue weighted by Crippen LogP contribution is -2.08. The van der Waals surface area contributed by atoms with Crippen LogP contribution in [-0.2, 0) is 9.59 Å². The first-order valence-corrected chi connectivity index (χ1v) is 5.24. The van der Waals surface area contributed by atoms with E-state index in [1.165, 1.54) is 0 Å². The average molecular weight is 210 g/mol. The molecule has 3 unspecified atom stereocenters. The van der Waals surface area contributed by atoms with E-state index >= 15 is 0 Å². The summed E-state index contributed by atoms with van der Waals surface area (Å²) in [6, 6.07) is 0.0669. The second kappa shape index (κ2) is 8.10. The number of hydrogen-bond acceptors (Lipinski definition) is 4. The van der Waals surface area contributed by atoms with Crippen molar-refractivity contribution in [1.29, 1.82) is 0 Å². The predicted molar refractivity (Wildman–Crippen MR) is 58.2 cm³/mol. The van der Waals surface area contributed by atoms with Gasteiger partial charge in [0.15, 0.2) is 0 Å². The molecule has 0 radical (unpaired) electrons. The number of nitrogens with zero attached hydrogens (tertiary/aromatic N) is 2. The smallest absolute Gasteiger partial charge is 0.211 e. The second-order valence-electron chi connectivity index (χ2n) is 4.06. The van der Waals surface area contributed by atoms with Crippen molar-refractivity contribution in [3.63, 3.8) is 0 Å². The molecule has 0 N–H and O–H groups in total. The molecule has 4 heteroatoms. The summed E-state index contributed by atoms with van der Waals surface area (Å²) in [5.74, 6) is 0.474. The maximum atomic E-state index is 10.00. The lowest BCUT2D eigenvalue weighted by Gasteiger charge is -2.13. The van der Waals surface area contributed by atoms with Gasteiger partial charge in [-0.05, 0) is 39.0 Å². The Hall–Kier alpha value is -1.24. The summed E-state index contributed by atoms with van der Waals surface area (Å²) < 4.78 is 0. The molecule has 0 aliphatic carbocycles. The van der Waals surface area contributed by atoms with E-state index in [9.17, 15) is 9.59 Å². The largest absolute Gasteiger partial charge is 0.235 e. The molecule has 0 saturated heterocycles. The van der Waals surface area contributed by atoms with E-state index in [1.807, 2.05) is 13.8 Å². The fourth-order valence-corrected chi connectivity index (χ4v) is 1.52. The van der Waals surface area contributed by atoms with Crippen LogP contribution in [0.5, 0.6) is 0 Å². The van der Waals surface area contributed by atoms with Gasteiger partial charge in [0.2, 0.25) is 12.2 Å². The first-order valence-electron chi connectivity index (χ1n) is 5.24. The number of aliphatic imine (C=N–C) groups is 2. The van der Waals surface area contributed by atoms with Crippen molar-refractivity contribution in [2.75, 3.05) is 0 Å². The minimum atomic E-state index is 0.0300. The molecule has 0 fully saturated rings. The minimum Gasteiger partial charge on any atom is -0.211 e. The molecule has 0 aromatic rings. The van der Waals surface area contributed by atoms with Crippen molar-refractivity contribution >= 4 is 12.2 Å². The van der Waals surface area contributed by atoms with E-state index in [-0.39, 0.29) is 12.1 Å². The Morgan fingerprint density at radius 2 is 1.47 bits per heavy atom. The van der Waals surface area contributed by atoms with E-state index < -0.39 is 0 Å². The molecule has 15 heavy (non-hydrogen) atoms. The maximum Gasteiger partial charge on any atom is 0.235 e. The summed E-state index contributed by atoms with van der Waals surface area (Å²) in [7, 11) is 0. The predicted octanol–water partition coefficient (Wildman–Crippen LogP) is 2.24. The highest BCUT2D eigenvalue weighted by Gasteiger charge is 2.09. The summed E-state index contributed by atoms with van der Waals surface area (Å²) in [5.41, 5.74) is 0. The van der Waals surface area contributed by atoms with Crippen molar-refractivity contribution in [3.05, 3.63) is 0 Å². The van der Waals surface area contributed by atoms with Crippen molar-refractivity contribution < 1.29 is 9.59 Å². The molecule has 0 spiro atoms. The Balaban J connectivity index is 3.78. The molecule has 0 saturated carbocycles. The Labute approximate surface area is 90.5 Å². The van der Waals surface area contributed by atoms with Gasteiger partial charge in [0, 0.05) is 0 Å². The summed E-state index contributed by atoms with van der Waals surface area (Å²) >= 11 is 0. The van der Waals surface area contributed by atoms with Gasteiger partial charge in [0.25, 0.3) is 0 Å². The molecule has 0 aromatic heterocycles. The zero-order valence-electron chi connectivity index (χ0n) is 9.56. The number of isocyanates is 2. The van der Waals surface area contributed by atoms with Crippen LogP contribution in [0.15, 0.2) is 9.98 Å². The van der Waals surface area contributed by atoms with Gasteiger partial charge in [0.1, 0.15) is 0 Å². The van der Waals surface area contributed by atoms with E-state index in [4.69, 9.17) is 0 Å². The molecule has 0 aliphatic rings. The van der Waals surface area contributed by atoms with Crippen molar-refractivity contribution in [1.82, 2.24) is 0 Å². The highest BCUT2D eigenvalue weighted by atomic mass is 16.1. The van der Waals surface area contributed by atoms with Gasteiger partial charge in [-0.3, -0.25) is 0 Å². The Bertz CT molecular complexity index is 266. The molecule has 4 nitrogen and oxygen atoms in total. The third-order valence-electron chi connectivity index (χ3n) is 2.37. The second-order valence-corrected chi connectivity index (χ2v) is 4.06. The number of carbonyl (C=O) groups excluding carboxylic acids is 2. The average Bonchev–Trinajstić information content (AvgIpc) is 2.15. The highest BCUT2D eigenvalue weighted by Crippen LogP contribution is 2.16.